The third-order valence-corrected chi connectivity index (χ3v) is 1.53. The van der Waals surface area contributed by atoms with Crippen LogP contribution in [0.5, 0.6) is 0 Å². The molecule has 80 valence electrons. The molecule has 0 aliphatic heterocycles. The Morgan fingerprint density at radius 1 is 1.50 bits per heavy atom. The first-order valence-electron chi connectivity index (χ1n) is 3.56. The van der Waals surface area contributed by atoms with Crippen molar-refractivity contribution in [3.8, 4) is 0 Å². The zero-order valence-electron chi connectivity index (χ0n) is 7.51. The molecule has 0 amide bonds. The SMILES string of the molecule is CC(N)c1ccc(C(=O)O)nc1.Cl.Cl. The van der Waals surface area contributed by atoms with Crippen molar-refractivity contribution in [1.82, 2.24) is 4.98 Å². The molecule has 0 fully saturated rings. The zero-order valence-corrected chi connectivity index (χ0v) is 9.14. The first-order valence-corrected chi connectivity index (χ1v) is 3.56. The van der Waals surface area contributed by atoms with Crippen molar-refractivity contribution in [2.24, 2.45) is 5.73 Å². The first kappa shape index (κ1) is 15.6. The predicted octanol–water partition coefficient (Wildman–Crippen LogP) is 1.64. The number of pyridine rings is 1. The lowest BCUT2D eigenvalue weighted by atomic mass is 10.1. The summed E-state index contributed by atoms with van der Waals surface area (Å²) in [7, 11) is 0. The monoisotopic (exact) mass is 238 g/mol. The van der Waals surface area contributed by atoms with Crippen molar-refractivity contribution in [2.45, 2.75) is 13.0 Å². The third kappa shape index (κ3) is 3.91. The maximum Gasteiger partial charge on any atom is 0.354 e. The summed E-state index contributed by atoms with van der Waals surface area (Å²) >= 11 is 0. The lowest BCUT2D eigenvalue weighted by Gasteiger charge is -2.03. The minimum atomic E-state index is -1.02. The molecule has 0 spiro atoms. The van der Waals surface area contributed by atoms with E-state index in [4.69, 9.17) is 10.8 Å². The van der Waals surface area contributed by atoms with Crippen molar-refractivity contribution in [2.75, 3.05) is 0 Å². The summed E-state index contributed by atoms with van der Waals surface area (Å²) in [5.41, 5.74) is 6.43. The fourth-order valence-electron chi connectivity index (χ4n) is 0.801. The summed E-state index contributed by atoms with van der Waals surface area (Å²) in [4.78, 5) is 14.1. The highest BCUT2D eigenvalue weighted by molar-refractivity contribution is 5.86. The number of hydrogen-bond acceptors (Lipinski definition) is 3. The molecule has 0 aliphatic carbocycles. The Hall–Kier alpha value is -0.840. The molecule has 0 aliphatic rings. The van der Waals surface area contributed by atoms with Crippen LogP contribution in [0.25, 0.3) is 0 Å². The molecule has 14 heavy (non-hydrogen) atoms. The van der Waals surface area contributed by atoms with Crippen LogP contribution in [0.15, 0.2) is 18.3 Å². The van der Waals surface area contributed by atoms with E-state index >= 15 is 0 Å². The lowest BCUT2D eigenvalue weighted by Crippen LogP contribution is -2.07. The van der Waals surface area contributed by atoms with Crippen molar-refractivity contribution in [3.05, 3.63) is 29.6 Å². The number of rotatable bonds is 2. The zero-order chi connectivity index (χ0) is 9.14. The Balaban J connectivity index is 0. The van der Waals surface area contributed by atoms with E-state index in [2.05, 4.69) is 4.98 Å². The molecule has 1 aromatic rings. The van der Waals surface area contributed by atoms with Gasteiger partial charge in [0.2, 0.25) is 0 Å². The number of aromatic nitrogens is 1. The molecule has 4 nitrogen and oxygen atoms in total. The molecular weight excluding hydrogens is 227 g/mol. The minimum Gasteiger partial charge on any atom is -0.477 e. The molecule has 1 aromatic heterocycles. The Labute approximate surface area is 94.3 Å². The van der Waals surface area contributed by atoms with Crippen LogP contribution < -0.4 is 5.73 Å². The van der Waals surface area contributed by atoms with Gasteiger partial charge in [-0.05, 0) is 18.6 Å². The maximum atomic E-state index is 10.4. The van der Waals surface area contributed by atoms with Gasteiger partial charge in [0.15, 0.2) is 0 Å². The molecule has 1 atom stereocenters. The van der Waals surface area contributed by atoms with Crippen LogP contribution in [0.4, 0.5) is 0 Å². The number of halogens is 2. The second-order valence-electron chi connectivity index (χ2n) is 2.57. The number of nitrogens with zero attached hydrogens (tertiary/aromatic N) is 1. The van der Waals surface area contributed by atoms with E-state index in [1.165, 1.54) is 12.3 Å². The van der Waals surface area contributed by atoms with Crippen LogP contribution in [0.2, 0.25) is 0 Å². The second-order valence-corrected chi connectivity index (χ2v) is 2.57. The van der Waals surface area contributed by atoms with Crippen LogP contribution in [0.1, 0.15) is 29.0 Å². The topological polar surface area (TPSA) is 76.2 Å². The van der Waals surface area contributed by atoms with Gasteiger partial charge in [0.1, 0.15) is 5.69 Å². The van der Waals surface area contributed by atoms with Gasteiger partial charge in [-0.15, -0.1) is 24.8 Å². The molecule has 0 saturated heterocycles. The summed E-state index contributed by atoms with van der Waals surface area (Å²) in [5.74, 6) is -1.02. The van der Waals surface area contributed by atoms with E-state index < -0.39 is 5.97 Å². The smallest absolute Gasteiger partial charge is 0.354 e. The molecule has 1 heterocycles. The Kier molecular flexibility index (Phi) is 7.35. The van der Waals surface area contributed by atoms with E-state index in [1.54, 1.807) is 6.07 Å². The van der Waals surface area contributed by atoms with Crippen LogP contribution in [0, 0.1) is 0 Å². The van der Waals surface area contributed by atoms with E-state index in [1.807, 2.05) is 6.92 Å². The van der Waals surface area contributed by atoms with Crippen molar-refractivity contribution in [1.29, 1.82) is 0 Å². The average Bonchev–Trinajstić information content (AvgIpc) is 2.04. The van der Waals surface area contributed by atoms with Gasteiger partial charge in [0.25, 0.3) is 0 Å². The number of carbonyl (C=O) groups is 1. The standard InChI is InChI=1S/C8H10N2O2.2ClH/c1-5(9)6-2-3-7(8(11)12)10-4-6;;/h2-5H,9H2,1H3,(H,11,12);2*1H. The van der Waals surface area contributed by atoms with Crippen LogP contribution in [-0.4, -0.2) is 16.1 Å². The maximum absolute atomic E-state index is 10.4. The number of carboxylic acid groups (broad SMARTS) is 1. The van der Waals surface area contributed by atoms with Crippen LogP contribution in [0.3, 0.4) is 0 Å². The molecule has 1 unspecified atom stereocenters. The predicted molar refractivity (Wildman–Crippen MR) is 58.3 cm³/mol. The third-order valence-electron chi connectivity index (χ3n) is 1.53. The van der Waals surface area contributed by atoms with E-state index in [-0.39, 0.29) is 36.5 Å². The second kappa shape index (κ2) is 6.59. The van der Waals surface area contributed by atoms with E-state index in [0.29, 0.717) is 0 Å². The molecule has 6 heteroatoms. The molecule has 1 rings (SSSR count). The van der Waals surface area contributed by atoms with Crippen molar-refractivity contribution >= 4 is 30.8 Å². The Morgan fingerprint density at radius 3 is 2.36 bits per heavy atom. The fraction of sp³-hybridized carbons (Fsp3) is 0.250. The number of carboxylic acids is 1. The van der Waals surface area contributed by atoms with Gasteiger partial charge in [-0.1, -0.05) is 6.07 Å². The largest absolute Gasteiger partial charge is 0.477 e. The highest BCUT2D eigenvalue weighted by atomic mass is 35.5. The van der Waals surface area contributed by atoms with Crippen LogP contribution in [-0.2, 0) is 0 Å². The molecule has 0 radical (unpaired) electrons. The number of nitrogens with two attached hydrogens (primary N) is 1. The Morgan fingerprint density at radius 2 is 2.07 bits per heavy atom. The number of aromatic carboxylic acids is 1. The molecule has 0 aromatic carbocycles. The summed E-state index contributed by atoms with van der Waals surface area (Å²) < 4.78 is 0. The quantitative estimate of drug-likeness (QED) is 0.822. The van der Waals surface area contributed by atoms with Gasteiger partial charge in [-0.3, -0.25) is 0 Å². The van der Waals surface area contributed by atoms with Crippen LogP contribution >= 0.6 is 24.8 Å². The molecule has 0 bridgehead atoms. The highest BCUT2D eigenvalue weighted by Crippen LogP contribution is 2.07. The van der Waals surface area contributed by atoms with Gasteiger partial charge >= 0.3 is 5.97 Å². The Bertz CT molecular complexity index is 288. The molecule has 3 N–H and O–H groups in total. The normalized spacial score (nSPS) is 10.7. The van der Waals surface area contributed by atoms with Gasteiger partial charge in [-0.2, -0.15) is 0 Å². The van der Waals surface area contributed by atoms with E-state index in [9.17, 15) is 4.79 Å². The summed E-state index contributed by atoms with van der Waals surface area (Å²) in [6.07, 6.45) is 1.48. The first-order chi connectivity index (χ1) is 5.61. The van der Waals surface area contributed by atoms with Gasteiger partial charge in [-0.25, -0.2) is 9.78 Å². The van der Waals surface area contributed by atoms with E-state index in [0.717, 1.165) is 5.56 Å². The summed E-state index contributed by atoms with van der Waals surface area (Å²) in [6.45, 7) is 1.82. The lowest BCUT2D eigenvalue weighted by molar-refractivity contribution is 0.0690. The summed E-state index contributed by atoms with van der Waals surface area (Å²) in [5, 5.41) is 8.52. The fourth-order valence-corrected chi connectivity index (χ4v) is 0.801. The highest BCUT2D eigenvalue weighted by Gasteiger charge is 2.04. The number of hydrogen-bond donors (Lipinski definition) is 2. The summed E-state index contributed by atoms with van der Waals surface area (Å²) in [6, 6.07) is 3.00. The average molecular weight is 239 g/mol. The van der Waals surface area contributed by atoms with Gasteiger partial charge in [0.05, 0.1) is 0 Å². The van der Waals surface area contributed by atoms with Crippen molar-refractivity contribution in [3.63, 3.8) is 0 Å². The van der Waals surface area contributed by atoms with Gasteiger partial charge in [0, 0.05) is 12.2 Å². The van der Waals surface area contributed by atoms with Crippen molar-refractivity contribution < 1.29 is 9.90 Å². The molecule has 0 saturated carbocycles. The van der Waals surface area contributed by atoms with Gasteiger partial charge < -0.3 is 10.8 Å². The molecular formula is C8H12Cl2N2O2. The minimum absolute atomic E-state index is 0.